The van der Waals surface area contributed by atoms with Crippen molar-refractivity contribution in [1.82, 2.24) is 9.97 Å². The summed E-state index contributed by atoms with van der Waals surface area (Å²) in [5.74, 6) is 0. The third-order valence-electron chi connectivity index (χ3n) is 1.81. The first-order valence-electron chi connectivity index (χ1n) is 4.06. The topological polar surface area (TPSA) is 45.8 Å². The van der Waals surface area contributed by atoms with Crippen LogP contribution in [-0.2, 0) is 0 Å². The largest absolute Gasteiger partial charge is 0.319 e. The Hall–Kier alpha value is -1.61. The molecule has 4 heteroatoms. The summed E-state index contributed by atoms with van der Waals surface area (Å²) in [6, 6.07) is 7.19. The average Bonchev–Trinajstić information content (AvgIpc) is 2.19. The quantitative estimate of drug-likeness (QED) is 0.777. The van der Waals surface area contributed by atoms with Crippen molar-refractivity contribution in [3.8, 4) is 11.3 Å². The van der Waals surface area contributed by atoms with Gasteiger partial charge < -0.3 is 4.98 Å². The minimum absolute atomic E-state index is 0.211. The molecular weight excluding hydrogens is 200 g/mol. The van der Waals surface area contributed by atoms with Gasteiger partial charge in [-0.3, -0.25) is 9.78 Å². The van der Waals surface area contributed by atoms with Gasteiger partial charge in [0.2, 0.25) is 0 Å². The van der Waals surface area contributed by atoms with E-state index in [-0.39, 0.29) is 5.56 Å². The molecule has 0 radical (unpaired) electrons. The number of H-pyrrole nitrogens is 1. The number of rotatable bonds is 1. The molecule has 0 amide bonds. The Bertz CT molecular complexity index is 490. The van der Waals surface area contributed by atoms with Crippen molar-refractivity contribution < 1.29 is 0 Å². The highest BCUT2D eigenvalue weighted by Gasteiger charge is 1.97. The van der Waals surface area contributed by atoms with Gasteiger partial charge in [-0.05, 0) is 17.7 Å². The third kappa shape index (κ3) is 1.83. The van der Waals surface area contributed by atoms with Crippen molar-refractivity contribution in [1.29, 1.82) is 0 Å². The molecule has 0 bridgehead atoms. The first kappa shape index (κ1) is 8.97. The minimum atomic E-state index is -0.211. The van der Waals surface area contributed by atoms with E-state index in [4.69, 9.17) is 11.6 Å². The number of hydrogen-bond donors (Lipinski definition) is 1. The van der Waals surface area contributed by atoms with E-state index in [0.717, 1.165) is 5.56 Å². The van der Waals surface area contributed by atoms with Gasteiger partial charge in [-0.2, -0.15) is 0 Å². The fourth-order valence-corrected chi connectivity index (χ4v) is 1.28. The summed E-state index contributed by atoms with van der Waals surface area (Å²) in [7, 11) is 0. The van der Waals surface area contributed by atoms with Gasteiger partial charge in [-0.25, -0.2) is 0 Å². The number of nitrogens with one attached hydrogen (secondary N) is 1. The second-order valence-electron chi connectivity index (χ2n) is 2.82. The zero-order valence-corrected chi connectivity index (χ0v) is 7.95. The third-order valence-corrected chi connectivity index (χ3v) is 2.06. The lowest BCUT2D eigenvalue weighted by molar-refractivity contribution is 1.14. The Kier molecular flexibility index (Phi) is 2.33. The average molecular weight is 207 g/mol. The van der Waals surface area contributed by atoms with Crippen LogP contribution < -0.4 is 5.56 Å². The van der Waals surface area contributed by atoms with Crippen LogP contribution in [-0.4, -0.2) is 9.97 Å². The van der Waals surface area contributed by atoms with Gasteiger partial charge in [0.25, 0.3) is 5.56 Å². The molecule has 2 aromatic rings. The Morgan fingerprint density at radius 1 is 1.14 bits per heavy atom. The Morgan fingerprint density at radius 3 is 2.50 bits per heavy atom. The maximum absolute atomic E-state index is 11.0. The van der Waals surface area contributed by atoms with Crippen molar-refractivity contribution >= 4 is 11.6 Å². The number of nitrogens with zero attached hydrogens (tertiary/aromatic N) is 1. The predicted octanol–water partition coefficient (Wildman–Crippen LogP) is 2.09. The Labute approximate surface area is 85.4 Å². The molecule has 1 aromatic carbocycles. The van der Waals surface area contributed by atoms with Crippen LogP contribution in [0, 0.1) is 0 Å². The van der Waals surface area contributed by atoms with E-state index in [0.29, 0.717) is 10.7 Å². The van der Waals surface area contributed by atoms with Crippen LogP contribution in [0.4, 0.5) is 0 Å². The number of halogens is 1. The van der Waals surface area contributed by atoms with E-state index in [1.807, 2.05) is 12.1 Å². The van der Waals surface area contributed by atoms with Crippen molar-refractivity contribution in [3.05, 3.63) is 52.0 Å². The number of hydrogen-bond acceptors (Lipinski definition) is 2. The molecule has 0 saturated carbocycles. The SMILES string of the molecule is O=c1cncc(-c2ccc(Cl)cc2)[nH]1. The fraction of sp³-hybridized carbons (Fsp3) is 0. The lowest BCUT2D eigenvalue weighted by Gasteiger charge is -1.99. The van der Waals surface area contributed by atoms with Crippen molar-refractivity contribution in [2.45, 2.75) is 0 Å². The summed E-state index contributed by atoms with van der Waals surface area (Å²) in [6.45, 7) is 0. The molecule has 0 unspecified atom stereocenters. The van der Waals surface area contributed by atoms with Gasteiger partial charge in [-0.15, -0.1) is 0 Å². The molecule has 0 aliphatic rings. The zero-order valence-electron chi connectivity index (χ0n) is 7.20. The maximum atomic E-state index is 11.0. The van der Waals surface area contributed by atoms with Gasteiger partial charge in [0, 0.05) is 5.02 Å². The monoisotopic (exact) mass is 206 g/mol. The van der Waals surface area contributed by atoms with Crippen molar-refractivity contribution in [2.75, 3.05) is 0 Å². The van der Waals surface area contributed by atoms with E-state index in [1.165, 1.54) is 6.20 Å². The first-order valence-corrected chi connectivity index (χ1v) is 4.44. The summed E-state index contributed by atoms with van der Waals surface area (Å²) in [5.41, 5.74) is 1.37. The number of aromatic nitrogens is 2. The van der Waals surface area contributed by atoms with Crippen LogP contribution in [0.3, 0.4) is 0 Å². The fourth-order valence-electron chi connectivity index (χ4n) is 1.15. The highest BCUT2D eigenvalue weighted by molar-refractivity contribution is 6.30. The van der Waals surface area contributed by atoms with Crippen molar-refractivity contribution in [2.24, 2.45) is 0 Å². The number of aromatic amines is 1. The Morgan fingerprint density at radius 2 is 1.86 bits per heavy atom. The zero-order chi connectivity index (χ0) is 9.97. The molecule has 1 N–H and O–H groups in total. The first-order chi connectivity index (χ1) is 6.75. The van der Waals surface area contributed by atoms with E-state index >= 15 is 0 Å². The van der Waals surface area contributed by atoms with Crippen LogP contribution in [0.1, 0.15) is 0 Å². The minimum Gasteiger partial charge on any atom is -0.319 e. The molecule has 70 valence electrons. The molecule has 2 rings (SSSR count). The summed E-state index contributed by atoms with van der Waals surface area (Å²) in [6.07, 6.45) is 2.84. The lowest BCUT2D eigenvalue weighted by atomic mass is 10.2. The predicted molar refractivity (Wildman–Crippen MR) is 55.3 cm³/mol. The van der Waals surface area contributed by atoms with Gasteiger partial charge in [-0.1, -0.05) is 23.7 Å². The van der Waals surface area contributed by atoms with Gasteiger partial charge in [0.1, 0.15) is 0 Å². The van der Waals surface area contributed by atoms with Crippen LogP contribution >= 0.6 is 11.6 Å². The molecular formula is C10H7ClN2O. The summed E-state index contributed by atoms with van der Waals surface area (Å²) >= 11 is 5.74. The van der Waals surface area contributed by atoms with Crippen LogP contribution in [0.15, 0.2) is 41.5 Å². The van der Waals surface area contributed by atoms with Crippen LogP contribution in [0.25, 0.3) is 11.3 Å². The highest BCUT2D eigenvalue weighted by atomic mass is 35.5. The normalized spacial score (nSPS) is 10.1. The molecule has 1 aromatic heterocycles. The van der Waals surface area contributed by atoms with Crippen LogP contribution in [0.5, 0.6) is 0 Å². The van der Waals surface area contributed by atoms with Gasteiger partial charge in [0.05, 0.1) is 18.1 Å². The van der Waals surface area contributed by atoms with E-state index in [1.54, 1.807) is 18.3 Å². The molecule has 0 aliphatic carbocycles. The second kappa shape index (κ2) is 3.64. The Balaban J connectivity index is 2.50. The molecule has 1 heterocycles. The molecule has 0 aliphatic heterocycles. The molecule has 0 atom stereocenters. The standard InChI is InChI=1S/C10H7ClN2O/c11-8-3-1-7(2-4-8)9-5-12-6-10(14)13-9/h1-6H,(H,13,14). The maximum Gasteiger partial charge on any atom is 0.266 e. The van der Waals surface area contributed by atoms with Crippen LogP contribution in [0.2, 0.25) is 5.02 Å². The molecule has 3 nitrogen and oxygen atoms in total. The number of benzene rings is 1. The smallest absolute Gasteiger partial charge is 0.266 e. The van der Waals surface area contributed by atoms with E-state index in [2.05, 4.69) is 9.97 Å². The van der Waals surface area contributed by atoms with E-state index < -0.39 is 0 Å². The van der Waals surface area contributed by atoms with Crippen molar-refractivity contribution in [3.63, 3.8) is 0 Å². The van der Waals surface area contributed by atoms with Gasteiger partial charge in [0.15, 0.2) is 0 Å². The second-order valence-corrected chi connectivity index (χ2v) is 3.25. The molecule has 0 fully saturated rings. The summed E-state index contributed by atoms with van der Waals surface area (Å²) in [4.78, 5) is 17.5. The lowest BCUT2D eigenvalue weighted by Crippen LogP contribution is -2.05. The molecule has 14 heavy (non-hydrogen) atoms. The molecule has 0 spiro atoms. The molecule has 0 saturated heterocycles. The summed E-state index contributed by atoms with van der Waals surface area (Å²) < 4.78 is 0. The van der Waals surface area contributed by atoms with Gasteiger partial charge >= 0.3 is 0 Å². The van der Waals surface area contributed by atoms with E-state index in [9.17, 15) is 4.79 Å². The summed E-state index contributed by atoms with van der Waals surface area (Å²) in [5, 5.41) is 0.667. The highest BCUT2D eigenvalue weighted by Crippen LogP contribution is 2.17.